The van der Waals surface area contributed by atoms with E-state index >= 15 is 0 Å². The number of aromatic nitrogens is 2. The van der Waals surface area contributed by atoms with Gasteiger partial charge >= 0.3 is 0 Å². The molecule has 26 heavy (non-hydrogen) atoms. The maximum Gasteiger partial charge on any atom is 0.254 e. The number of nitrogens with zero attached hydrogens (tertiary/aromatic N) is 3. The van der Waals surface area contributed by atoms with Gasteiger partial charge in [-0.3, -0.25) is 19.2 Å². The van der Waals surface area contributed by atoms with Crippen molar-refractivity contribution in [3.8, 4) is 0 Å². The zero-order valence-electron chi connectivity index (χ0n) is 15.0. The first-order chi connectivity index (χ1) is 12.6. The van der Waals surface area contributed by atoms with E-state index in [9.17, 15) is 9.59 Å². The minimum Gasteiger partial charge on any atom is -0.351 e. The molecule has 1 aliphatic rings. The van der Waals surface area contributed by atoms with Crippen molar-refractivity contribution in [3.63, 3.8) is 0 Å². The summed E-state index contributed by atoms with van der Waals surface area (Å²) in [6.45, 7) is 2.56. The summed E-state index contributed by atoms with van der Waals surface area (Å²) in [6, 6.07) is 10.0. The Labute approximate surface area is 153 Å². The van der Waals surface area contributed by atoms with E-state index in [0.29, 0.717) is 18.7 Å². The first-order valence-electron chi connectivity index (χ1n) is 8.92. The maximum atomic E-state index is 12.2. The summed E-state index contributed by atoms with van der Waals surface area (Å²) in [6.07, 6.45) is 4.97. The van der Waals surface area contributed by atoms with Crippen molar-refractivity contribution in [2.75, 3.05) is 19.6 Å². The highest BCUT2D eigenvalue weighted by atomic mass is 16.2. The second-order valence-corrected chi connectivity index (χ2v) is 6.69. The van der Waals surface area contributed by atoms with E-state index in [0.717, 1.165) is 31.5 Å². The second-order valence-electron chi connectivity index (χ2n) is 6.69. The maximum absolute atomic E-state index is 12.2. The lowest BCUT2D eigenvalue weighted by Crippen LogP contribution is -2.47. The molecule has 7 heteroatoms. The molecule has 2 N–H and O–H groups in total. The van der Waals surface area contributed by atoms with E-state index in [1.54, 1.807) is 24.1 Å². The highest BCUT2D eigenvalue weighted by Gasteiger charge is 2.22. The molecule has 7 nitrogen and oxygen atoms in total. The van der Waals surface area contributed by atoms with Crippen molar-refractivity contribution in [1.82, 2.24) is 25.3 Å². The fraction of sp³-hybridized carbons (Fsp3) is 0.421. The van der Waals surface area contributed by atoms with Crippen LogP contribution in [0.5, 0.6) is 0 Å². The molecule has 138 valence electrons. The highest BCUT2D eigenvalue weighted by molar-refractivity contribution is 5.93. The first-order valence-corrected chi connectivity index (χ1v) is 8.92. The number of rotatable bonds is 6. The first kappa shape index (κ1) is 18.1. The molecule has 1 aliphatic heterocycles. The summed E-state index contributed by atoms with van der Waals surface area (Å²) in [5.74, 6) is -0.0520. The van der Waals surface area contributed by atoms with E-state index in [4.69, 9.17) is 0 Å². The summed E-state index contributed by atoms with van der Waals surface area (Å²) in [7, 11) is 1.79. The van der Waals surface area contributed by atoms with Crippen LogP contribution in [-0.2, 0) is 18.4 Å². The van der Waals surface area contributed by atoms with Crippen LogP contribution in [0.25, 0.3) is 0 Å². The van der Waals surface area contributed by atoms with Gasteiger partial charge in [-0.25, -0.2) is 0 Å². The predicted octanol–water partition coefficient (Wildman–Crippen LogP) is 0.931. The number of amides is 2. The lowest BCUT2D eigenvalue weighted by molar-refractivity contribution is -0.122. The van der Waals surface area contributed by atoms with Crippen molar-refractivity contribution in [2.45, 2.75) is 25.4 Å². The predicted molar refractivity (Wildman–Crippen MR) is 98.4 cm³/mol. The van der Waals surface area contributed by atoms with E-state index in [1.165, 1.54) is 0 Å². The number of carbonyl (C=O) groups excluding carboxylic acids is 2. The van der Waals surface area contributed by atoms with Crippen LogP contribution in [0.4, 0.5) is 0 Å². The Morgan fingerprint density at radius 1 is 1.19 bits per heavy atom. The zero-order chi connectivity index (χ0) is 18.4. The molecular weight excluding hydrogens is 330 g/mol. The van der Waals surface area contributed by atoms with Crippen LogP contribution in [0.1, 0.15) is 28.8 Å². The highest BCUT2D eigenvalue weighted by Crippen LogP contribution is 2.11. The van der Waals surface area contributed by atoms with Gasteiger partial charge in [0.25, 0.3) is 5.91 Å². The van der Waals surface area contributed by atoms with Gasteiger partial charge in [-0.05, 0) is 18.4 Å². The molecule has 3 rings (SSSR count). The molecule has 0 aliphatic carbocycles. The molecule has 0 unspecified atom stereocenters. The molecule has 0 spiro atoms. The van der Waals surface area contributed by atoms with Crippen molar-refractivity contribution in [3.05, 3.63) is 53.9 Å². The molecule has 2 amide bonds. The van der Waals surface area contributed by atoms with Gasteiger partial charge in [0, 0.05) is 38.9 Å². The normalized spacial score (nSPS) is 15.6. The molecule has 0 radical (unpaired) electrons. The average Bonchev–Trinajstić information content (AvgIpc) is 3.09. The number of carbonyl (C=O) groups is 2. The third kappa shape index (κ3) is 5.16. The topological polar surface area (TPSA) is 79.3 Å². The Morgan fingerprint density at radius 2 is 1.92 bits per heavy atom. The Bertz CT molecular complexity index is 735. The largest absolute Gasteiger partial charge is 0.351 e. The van der Waals surface area contributed by atoms with E-state index in [1.807, 2.05) is 30.3 Å². The fourth-order valence-corrected chi connectivity index (χ4v) is 3.10. The minimum atomic E-state index is -0.0860. The zero-order valence-corrected chi connectivity index (χ0v) is 15.0. The molecule has 1 aromatic carbocycles. The number of likely N-dealkylation sites (tertiary alicyclic amines) is 1. The van der Waals surface area contributed by atoms with Crippen LogP contribution in [0.15, 0.2) is 42.7 Å². The number of nitrogens with one attached hydrogen (secondary N) is 2. The van der Waals surface area contributed by atoms with Crippen LogP contribution < -0.4 is 10.6 Å². The van der Waals surface area contributed by atoms with Gasteiger partial charge in [-0.1, -0.05) is 30.3 Å². The molecule has 2 heterocycles. The van der Waals surface area contributed by atoms with Crippen molar-refractivity contribution in [1.29, 1.82) is 0 Å². The van der Waals surface area contributed by atoms with Crippen LogP contribution >= 0.6 is 0 Å². The van der Waals surface area contributed by atoms with Gasteiger partial charge in [0.15, 0.2) is 0 Å². The Morgan fingerprint density at radius 3 is 2.58 bits per heavy atom. The molecule has 1 fully saturated rings. The van der Waals surface area contributed by atoms with Crippen molar-refractivity contribution in [2.24, 2.45) is 7.05 Å². The molecule has 0 saturated carbocycles. The van der Waals surface area contributed by atoms with Crippen LogP contribution in [0, 0.1) is 0 Å². The van der Waals surface area contributed by atoms with Gasteiger partial charge in [0.2, 0.25) is 5.91 Å². The Hall–Kier alpha value is -2.67. The molecule has 2 aromatic rings. The molecule has 1 saturated heterocycles. The van der Waals surface area contributed by atoms with Crippen molar-refractivity contribution >= 4 is 11.8 Å². The van der Waals surface area contributed by atoms with Crippen LogP contribution in [-0.4, -0.2) is 52.2 Å². The third-order valence-corrected chi connectivity index (χ3v) is 4.59. The summed E-state index contributed by atoms with van der Waals surface area (Å²) in [5, 5.41) is 10.0. The van der Waals surface area contributed by atoms with Gasteiger partial charge in [-0.2, -0.15) is 5.10 Å². The number of hydrogen-bond donors (Lipinski definition) is 2. The quantitative estimate of drug-likeness (QED) is 0.808. The minimum absolute atomic E-state index is 0.0340. The Kier molecular flexibility index (Phi) is 6.01. The summed E-state index contributed by atoms with van der Waals surface area (Å²) < 4.78 is 1.62. The molecule has 1 aromatic heterocycles. The summed E-state index contributed by atoms with van der Waals surface area (Å²) in [5.41, 5.74) is 1.67. The van der Waals surface area contributed by atoms with Crippen molar-refractivity contribution < 1.29 is 9.59 Å². The standard InChI is InChI=1S/C19H25N5O2/c1-23-13-16(12-21-23)19(26)22-17-7-9-24(10-8-17)14-18(25)20-11-15-5-3-2-4-6-15/h2-6,12-13,17H,7-11,14H2,1H3,(H,20,25)(H,22,26). The van der Waals surface area contributed by atoms with E-state index in [2.05, 4.69) is 20.6 Å². The number of piperidine rings is 1. The summed E-state index contributed by atoms with van der Waals surface area (Å²) in [4.78, 5) is 26.4. The van der Waals surface area contributed by atoms with Crippen LogP contribution in [0.2, 0.25) is 0 Å². The second kappa shape index (κ2) is 8.62. The average molecular weight is 355 g/mol. The third-order valence-electron chi connectivity index (χ3n) is 4.59. The summed E-state index contributed by atoms with van der Waals surface area (Å²) >= 11 is 0. The molecular formula is C19H25N5O2. The van der Waals surface area contributed by atoms with Crippen LogP contribution in [0.3, 0.4) is 0 Å². The van der Waals surface area contributed by atoms with E-state index in [-0.39, 0.29) is 17.9 Å². The smallest absolute Gasteiger partial charge is 0.254 e. The van der Waals surface area contributed by atoms with E-state index < -0.39 is 0 Å². The van der Waals surface area contributed by atoms with Gasteiger partial charge in [0.1, 0.15) is 0 Å². The SMILES string of the molecule is Cn1cc(C(=O)NC2CCN(CC(=O)NCc3ccccc3)CC2)cn1. The van der Waals surface area contributed by atoms with Gasteiger partial charge in [-0.15, -0.1) is 0 Å². The molecule has 0 atom stereocenters. The van der Waals surface area contributed by atoms with Gasteiger partial charge in [0.05, 0.1) is 18.3 Å². The molecule has 0 bridgehead atoms. The van der Waals surface area contributed by atoms with Gasteiger partial charge < -0.3 is 10.6 Å². The number of hydrogen-bond acceptors (Lipinski definition) is 4. The number of aryl methyl sites for hydroxylation is 1. The number of benzene rings is 1. The fourth-order valence-electron chi connectivity index (χ4n) is 3.10. The Balaban J connectivity index is 1.37. The monoisotopic (exact) mass is 355 g/mol. The lowest BCUT2D eigenvalue weighted by atomic mass is 10.0. The lowest BCUT2D eigenvalue weighted by Gasteiger charge is -2.31.